The van der Waals surface area contributed by atoms with Crippen molar-refractivity contribution < 1.29 is 19.1 Å². The summed E-state index contributed by atoms with van der Waals surface area (Å²) in [6.07, 6.45) is 7.48. The van der Waals surface area contributed by atoms with Crippen LogP contribution in [-0.2, 0) is 9.53 Å². The van der Waals surface area contributed by atoms with Crippen molar-refractivity contribution >= 4 is 36.4 Å². The number of ether oxygens (including phenoxy) is 2. The number of hydrogen-bond donors (Lipinski definition) is 1. The third kappa shape index (κ3) is 5.16. The Morgan fingerprint density at radius 2 is 2.03 bits per heavy atom. The van der Waals surface area contributed by atoms with Gasteiger partial charge in [-0.05, 0) is 30.2 Å². The van der Waals surface area contributed by atoms with Gasteiger partial charge in [0.15, 0.2) is 0 Å². The highest BCUT2D eigenvalue weighted by atomic mass is 16.6. The van der Waals surface area contributed by atoms with E-state index in [1.807, 2.05) is 43.4 Å². The molecule has 0 bridgehead atoms. The molecule has 6 heteroatoms. The number of hydrogen-bond acceptors (Lipinski definition) is 4. The second-order valence-corrected chi connectivity index (χ2v) is 6.78. The van der Waals surface area contributed by atoms with Gasteiger partial charge in [-0.2, -0.15) is 0 Å². The molecule has 1 amide bonds. The molecule has 1 N–H and O–H groups in total. The molecule has 2 aromatic rings. The van der Waals surface area contributed by atoms with Crippen LogP contribution < -0.4 is 15.5 Å². The molecule has 0 unspecified atom stereocenters. The Kier molecular flexibility index (Phi) is 6.70. The van der Waals surface area contributed by atoms with Crippen molar-refractivity contribution in [3.8, 4) is 5.75 Å². The Bertz CT molecular complexity index is 1050. The first-order chi connectivity index (χ1) is 14.4. The SMILES string of the molecule is [B]c1ccc(OC(C)=O)c(C(=O)Nc2cc(/C(C=C)=C/C=C\C)ccc2[C@H]2CO2)c1. The summed E-state index contributed by atoms with van der Waals surface area (Å²) < 4.78 is 10.6. The van der Waals surface area contributed by atoms with Crippen molar-refractivity contribution in [1.82, 2.24) is 0 Å². The number of esters is 1. The highest BCUT2D eigenvalue weighted by Gasteiger charge is 2.28. The maximum atomic E-state index is 13.0. The zero-order chi connectivity index (χ0) is 21.7. The predicted octanol–water partition coefficient (Wildman–Crippen LogP) is 3.87. The molecule has 1 aliphatic rings. The molecule has 1 fully saturated rings. The second kappa shape index (κ2) is 9.42. The van der Waals surface area contributed by atoms with E-state index in [4.69, 9.17) is 17.3 Å². The first-order valence-electron chi connectivity index (χ1n) is 9.53. The fourth-order valence-corrected chi connectivity index (χ4v) is 2.99. The predicted molar refractivity (Wildman–Crippen MR) is 119 cm³/mol. The van der Waals surface area contributed by atoms with Gasteiger partial charge in [0, 0.05) is 18.2 Å². The van der Waals surface area contributed by atoms with Crippen molar-refractivity contribution in [2.24, 2.45) is 0 Å². The molecule has 0 saturated carbocycles. The van der Waals surface area contributed by atoms with Crippen LogP contribution in [0.5, 0.6) is 5.75 Å². The van der Waals surface area contributed by atoms with Crippen LogP contribution in [0.25, 0.3) is 5.57 Å². The van der Waals surface area contributed by atoms with Gasteiger partial charge in [0.2, 0.25) is 0 Å². The monoisotopic (exact) mass is 399 g/mol. The van der Waals surface area contributed by atoms with Gasteiger partial charge in [-0.3, -0.25) is 9.59 Å². The van der Waals surface area contributed by atoms with Crippen LogP contribution in [0.3, 0.4) is 0 Å². The van der Waals surface area contributed by atoms with Crippen LogP contribution in [0, 0.1) is 0 Å². The number of anilines is 1. The molecular formula is C24H22BNO4. The molecule has 0 aromatic heterocycles. The maximum absolute atomic E-state index is 13.0. The summed E-state index contributed by atoms with van der Waals surface area (Å²) in [4.78, 5) is 24.4. The number of carbonyl (C=O) groups is 2. The largest absolute Gasteiger partial charge is 0.426 e. The average Bonchev–Trinajstić information content (AvgIpc) is 3.55. The minimum atomic E-state index is -0.521. The zero-order valence-corrected chi connectivity index (χ0v) is 17.0. The van der Waals surface area contributed by atoms with Gasteiger partial charge in [0.05, 0.1) is 12.2 Å². The number of rotatable bonds is 7. The number of nitrogens with one attached hydrogen (secondary N) is 1. The number of epoxide rings is 1. The molecule has 5 nitrogen and oxygen atoms in total. The molecule has 2 radical (unpaired) electrons. The van der Waals surface area contributed by atoms with Gasteiger partial charge < -0.3 is 14.8 Å². The number of benzene rings is 2. The van der Waals surface area contributed by atoms with E-state index in [1.54, 1.807) is 12.1 Å². The van der Waals surface area contributed by atoms with Crippen LogP contribution in [0.1, 0.15) is 41.4 Å². The summed E-state index contributed by atoms with van der Waals surface area (Å²) in [5, 5.41) is 2.92. The van der Waals surface area contributed by atoms with Crippen molar-refractivity contribution in [2.45, 2.75) is 20.0 Å². The van der Waals surface area contributed by atoms with Crippen LogP contribution in [0.15, 0.2) is 67.3 Å². The van der Waals surface area contributed by atoms with E-state index in [0.717, 1.165) is 16.7 Å². The van der Waals surface area contributed by atoms with E-state index in [9.17, 15) is 9.59 Å². The highest BCUT2D eigenvalue weighted by Crippen LogP contribution is 2.37. The lowest BCUT2D eigenvalue weighted by atomic mass is 9.93. The van der Waals surface area contributed by atoms with Crippen LogP contribution in [0.4, 0.5) is 5.69 Å². The Morgan fingerprint density at radius 1 is 1.27 bits per heavy atom. The van der Waals surface area contributed by atoms with Gasteiger partial charge >= 0.3 is 5.97 Å². The molecule has 1 aliphatic heterocycles. The lowest BCUT2D eigenvalue weighted by Gasteiger charge is -2.14. The summed E-state index contributed by atoms with van der Waals surface area (Å²) in [5.74, 6) is -0.808. The fourth-order valence-electron chi connectivity index (χ4n) is 2.99. The number of amides is 1. The Hall–Kier alpha value is -3.38. The van der Waals surface area contributed by atoms with Gasteiger partial charge in [0.25, 0.3) is 5.91 Å². The Labute approximate surface area is 177 Å². The van der Waals surface area contributed by atoms with Crippen molar-refractivity contribution in [3.63, 3.8) is 0 Å². The summed E-state index contributed by atoms with van der Waals surface area (Å²) in [5.41, 5.74) is 3.86. The van der Waals surface area contributed by atoms with Gasteiger partial charge in [-0.15, -0.1) is 0 Å². The van der Waals surface area contributed by atoms with E-state index in [2.05, 4.69) is 11.9 Å². The third-order valence-electron chi connectivity index (χ3n) is 4.51. The molecule has 150 valence electrons. The summed E-state index contributed by atoms with van der Waals surface area (Å²) >= 11 is 0. The summed E-state index contributed by atoms with van der Waals surface area (Å²) in [6, 6.07) is 10.3. The van der Waals surface area contributed by atoms with Crippen LogP contribution in [-0.4, -0.2) is 26.3 Å². The molecule has 0 spiro atoms. The molecule has 1 atom stereocenters. The summed E-state index contributed by atoms with van der Waals surface area (Å²) in [6.45, 7) is 7.68. The van der Waals surface area contributed by atoms with Gasteiger partial charge in [-0.25, -0.2) is 0 Å². The van der Waals surface area contributed by atoms with E-state index in [-0.39, 0.29) is 17.4 Å². The fraction of sp³-hybridized carbons (Fsp3) is 0.167. The van der Waals surface area contributed by atoms with Crippen molar-refractivity contribution in [1.29, 1.82) is 0 Å². The molecule has 0 aliphatic carbocycles. The molecule has 1 saturated heterocycles. The zero-order valence-electron chi connectivity index (χ0n) is 17.0. The first kappa shape index (κ1) is 21.3. The smallest absolute Gasteiger partial charge is 0.308 e. The topological polar surface area (TPSA) is 67.9 Å². The second-order valence-electron chi connectivity index (χ2n) is 6.78. The van der Waals surface area contributed by atoms with Crippen molar-refractivity contribution in [3.05, 3.63) is 84.0 Å². The Morgan fingerprint density at radius 3 is 2.67 bits per heavy atom. The molecule has 3 rings (SSSR count). The molecular weight excluding hydrogens is 377 g/mol. The van der Waals surface area contributed by atoms with Crippen LogP contribution >= 0.6 is 0 Å². The summed E-state index contributed by atoms with van der Waals surface area (Å²) in [7, 11) is 5.84. The highest BCUT2D eigenvalue weighted by molar-refractivity contribution is 6.33. The van der Waals surface area contributed by atoms with E-state index in [1.165, 1.54) is 19.1 Å². The normalized spacial score (nSPS) is 15.7. The first-order valence-corrected chi connectivity index (χ1v) is 9.53. The van der Waals surface area contributed by atoms with Gasteiger partial charge in [0.1, 0.15) is 19.7 Å². The van der Waals surface area contributed by atoms with Crippen LogP contribution in [0.2, 0.25) is 0 Å². The Balaban J connectivity index is 1.98. The quantitative estimate of drug-likeness (QED) is 0.252. The van der Waals surface area contributed by atoms with Gasteiger partial charge in [-0.1, -0.05) is 60.6 Å². The maximum Gasteiger partial charge on any atom is 0.308 e. The minimum absolute atomic E-state index is 0.0603. The van der Waals surface area contributed by atoms with E-state index in [0.29, 0.717) is 17.8 Å². The standard InChI is InChI=1S/C24H22BNO4/c1-4-6-7-16(5-2)17-8-10-19(23-14-29-23)21(12-17)26-24(28)20-13-18(25)9-11-22(20)30-15(3)27/h4-13,23H,2,14H2,1,3H3,(H,26,28)/b6-4-,16-7+/t23-/m1/s1. The lowest BCUT2D eigenvalue weighted by molar-refractivity contribution is -0.131. The number of allylic oxidation sites excluding steroid dienone is 5. The van der Waals surface area contributed by atoms with E-state index >= 15 is 0 Å². The molecule has 2 aromatic carbocycles. The number of carbonyl (C=O) groups excluding carboxylic acids is 2. The minimum Gasteiger partial charge on any atom is -0.426 e. The van der Waals surface area contributed by atoms with E-state index < -0.39 is 11.9 Å². The average molecular weight is 399 g/mol. The third-order valence-corrected chi connectivity index (χ3v) is 4.51. The lowest BCUT2D eigenvalue weighted by Crippen LogP contribution is -2.18. The molecule has 30 heavy (non-hydrogen) atoms. The molecule has 1 heterocycles. The van der Waals surface area contributed by atoms with Crippen molar-refractivity contribution in [2.75, 3.05) is 11.9 Å².